The molecule has 0 saturated carbocycles. The van der Waals surface area contributed by atoms with Gasteiger partial charge in [0.1, 0.15) is 18.7 Å². The van der Waals surface area contributed by atoms with Crippen molar-refractivity contribution in [3.63, 3.8) is 0 Å². The molecule has 216 valence electrons. The molecule has 10 heteroatoms. The summed E-state index contributed by atoms with van der Waals surface area (Å²) >= 11 is 0. The van der Waals surface area contributed by atoms with Crippen LogP contribution >= 0.6 is 0 Å². The summed E-state index contributed by atoms with van der Waals surface area (Å²) in [7, 11) is 0. The maximum absolute atomic E-state index is 10.4. The number of anilines is 3. The Morgan fingerprint density at radius 1 is 1.22 bits per heavy atom. The van der Waals surface area contributed by atoms with E-state index in [0.29, 0.717) is 18.4 Å². The Hall–Kier alpha value is -3.49. The normalized spacial score (nSPS) is 28.3. The Balaban J connectivity index is 1.08. The summed E-state index contributed by atoms with van der Waals surface area (Å²) in [6.45, 7) is 8.17. The topological polar surface area (TPSA) is 110 Å². The first kappa shape index (κ1) is 27.7. The van der Waals surface area contributed by atoms with Crippen LogP contribution in [0.5, 0.6) is 0 Å². The molecule has 4 atom stereocenters. The van der Waals surface area contributed by atoms with Crippen LogP contribution in [0.1, 0.15) is 38.3 Å². The Bertz CT molecular complexity index is 1320. The summed E-state index contributed by atoms with van der Waals surface area (Å²) < 4.78 is 6.24. The van der Waals surface area contributed by atoms with Gasteiger partial charge in [-0.2, -0.15) is 5.26 Å². The van der Waals surface area contributed by atoms with Crippen molar-refractivity contribution in [3.05, 3.63) is 65.6 Å². The van der Waals surface area contributed by atoms with E-state index >= 15 is 0 Å². The van der Waals surface area contributed by atoms with Crippen molar-refractivity contribution >= 4 is 17.3 Å². The Morgan fingerprint density at radius 3 is 2.80 bits per heavy atom. The van der Waals surface area contributed by atoms with Gasteiger partial charge < -0.3 is 20.1 Å². The molecule has 1 aliphatic carbocycles. The van der Waals surface area contributed by atoms with Crippen molar-refractivity contribution < 1.29 is 14.4 Å². The SMILES string of the molecule is CCC1CN(c2ccc(Nc3nccc(CC4CC=C(N5CCOCC5)C=C4C#N)n3)cc2)N[N+]12CCCC(O)C2. The van der Waals surface area contributed by atoms with Crippen molar-refractivity contribution in [3.8, 4) is 6.07 Å². The molecule has 0 radical (unpaired) electrons. The van der Waals surface area contributed by atoms with Crippen LogP contribution in [0, 0.1) is 17.2 Å². The van der Waals surface area contributed by atoms with Crippen LogP contribution in [0.25, 0.3) is 0 Å². The van der Waals surface area contributed by atoms with E-state index in [1.54, 1.807) is 6.20 Å². The predicted octanol–water partition coefficient (Wildman–Crippen LogP) is 3.44. The molecule has 3 aliphatic heterocycles. The number of quaternary nitrogens is 1. The standard InChI is InChI=1S/C31H41N8O2/c1-2-29-21-38(36-39(29)15-3-4-30(40)22-39)27-9-6-25(7-10-27)34-31-33-12-11-26(35-31)18-23-5-8-28(19-24(23)20-32)37-13-16-41-17-14-37/h6-12,19,23,29-30,36,40H,2-5,13-18,21-22H2,1H3,(H,33,34,35)/q+1. The minimum Gasteiger partial charge on any atom is -0.387 e. The summed E-state index contributed by atoms with van der Waals surface area (Å²) in [6, 6.07) is 13.2. The highest BCUT2D eigenvalue weighted by atomic mass is 16.5. The highest BCUT2D eigenvalue weighted by molar-refractivity contribution is 5.59. The van der Waals surface area contributed by atoms with Crippen LogP contribution in [0.2, 0.25) is 0 Å². The molecule has 2 aromatic rings. The minimum atomic E-state index is -0.239. The third kappa shape index (κ3) is 6.09. The van der Waals surface area contributed by atoms with Gasteiger partial charge >= 0.3 is 0 Å². The van der Waals surface area contributed by atoms with Gasteiger partial charge in [-0.1, -0.05) is 18.5 Å². The molecule has 10 nitrogen and oxygen atoms in total. The maximum atomic E-state index is 10.4. The zero-order valence-electron chi connectivity index (χ0n) is 23.9. The van der Waals surface area contributed by atoms with Crippen molar-refractivity contribution in [2.45, 2.75) is 51.2 Å². The van der Waals surface area contributed by atoms with E-state index < -0.39 is 0 Å². The lowest BCUT2D eigenvalue weighted by Crippen LogP contribution is -2.65. The third-order valence-electron chi connectivity index (χ3n) is 8.98. The van der Waals surface area contributed by atoms with Crippen LogP contribution in [0.3, 0.4) is 0 Å². The summed E-state index contributed by atoms with van der Waals surface area (Å²) in [5.41, 5.74) is 8.61. The number of rotatable bonds is 7. The highest BCUT2D eigenvalue weighted by Crippen LogP contribution is 2.32. The number of morpholine rings is 1. The molecule has 3 N–H and O–H groups in total. The zero-order chi connectivity index (χ0) is 28.2. The van der Waals surface area contributed by atoms with E-state index in [1.165, 1.54) is 0 Å². The van der Waals surface area contributed by atoms with Crippen molar-refractivity contribution in [1.29, 1.82) is 5.26 Å². The second-order valence-electron chi connectivity index (χ2n) is 11.6. The van der Waals surface area contributed by atoms with Crippen molar-refractivity contribution in [2.75, 3.05) is 56.3 Å². The number of allylic oxidation sites excluding steroid dienone is 3. The first-order valence-electron chi connectivity index (χ1n) is 15.0. The van der Waals surface area contributed by atoms with Crippen LogP contribution < -0.4 is 15.9 Å². The summed E-state index contributed by atoms with van der Waals surface area (Å²) in [5.74, 6) is 0.661. The van der Waals surface area contributed by atoms with Gasteiger partial charge in [-0.3, -0.25) is 5.01 Å². The monoisotopic (exact) mass is 557 g/mol. The number of aliphatic hydroxyl groups is 1. The predicted molar refractivity (Wildman–Crippen MR) is 158 cm³/mol. The molecule has 4 heterocycles. The summed E-state index contributed by atoms with van der Waals surface area (Å²) in [4.78, 5) is 11.5. The molecular formula is C31H41N8O2+. The second-order valence-corrected chi connectivity index (χ2v) is 11.6. The molecule has 0 amide bonds. The Morgan fingerprint density at radius 2 is 2.05 bits per heavy atom. The second kappa shape index (κ2) is 12.2. The van der Waals surface area contributed by atoms with E-state index in [4.69, 9.17) is 9.72 Å². The fourth-order valence-electron chi connectivity index (χ4n) is 6.72. The fourth-order valence-corrected chi connectivity index (χ4v) is 6.72. The lowest BCUT2D eigenvalue weighted by Gasteiger charge is -2.42. The van der Waals surface area contributed by atoms with E-state index in [9.17, 15) is 10.4 Å². The van der Waals surface area contributed by atoms with E-state index in [-0.39, 0.29) is 12.0 Å². The first-order chi connectivity index (χ1) is 20.0. The number of nitrogens with zero attached hydrogens (tertiary/aromatic N) is 6. The number of ether oxygens (including phenoxy) is 1. The van der Waals surface area contributed by atoms with Gasteiger partial charge in [0.05, 0.1) is 38.1 Å². The molecule has 0 bridgehead atoms. The molecule has 4 unspecified atom stereocenters. The highest BCUT2D eigenvalue weighted by Gasteiger charge is 2.48. The van der Waals surface area contributed by atoms with Gasteiger partial charge in [-0.25, -0.2) is 14.6 Å². The van der Waals surface area contributed by atoms with E-state index in [0.717, 1.165) is 105 Å². The average molecular weight is 558 g/mol. The van der Waals surface area contributed by atoms with Gasteiger partial charge in [-0.05, 0) is 55.7 Å². The van der Waals surface area contributed by atoms with Crippen molar-refractivity contribution in [2.24, 2.45) is 5.92 Å². The number of aliphatic hydroxyl groups excluding tert-OH is 1. The maximum Gasteiger partial charge on any atom is 0.227 e. The van der Waals surface area contributed by atoms with Crippen LogP contribution in [-0.4, -0.2) is 82.6 Å². The van der Waals surface area contributed by atoms with Crippen LogP contribution in [-0.2, 0) is 11.2 Å². The fraction of sp³-hybridized carbons (Fsp3) is 0.516. The smallest absolute Gasteiger partial charge is 0.227 e. The van der Waals surface area contributed by atoms with E-state index in [2.05, 4.69) is 69.1 Å². The Kier molecular flexibility index (Phi) is 8.21. The van der Waals surface area contributed by atoms with Crippen LogP contribution in [0.15, 0.2) is 60.0 Å². The number of hydrogen-bond donors (Lipinski definition) is 3. The summed E-state index contributed by atoms with van der Waals surface area (Å²) in [6.07, 6.45) is 10.3. The molecule has 6 rings (SSSR count). The lowest BCUT2D eigenvalue weighted by molar-refractivity contribution is -0.985. The van der Waals surface area contributed by atoms with Gasteiger partial charge in [0.2, 0.25) is 5.95 Å². The molecule has 3 fully saturated rings. The average Bonchev–Trinajstić information content (AvgIpc) is 3.35. The zero-order valence-corrected chi connectivity index (χ0v) is 23.9. The molecule has 1 spiro atoms. The van der Waals surface area contributed by atoms with Gasteiger partial charge in [0, 0.05) is 60.7 Å². The van der Waals surface area contributed by atoms with Crippen LogP contribution in [0.4, 0.5) is 17.3 Å². The largest absolute Gasteiger partial charge is 0.387 e. The van der Waals surface area contributed by atoms with E-state index in [1.807, 2.05) is 12.1 Å². The number of nitrogens with one attached hydrogen (secondary N) is 2. The number of piperidine rings is 1. The van der Waals surface area contributed by atoms with Gasteiger partial charge in [-0.15, -0.1) is 0 Å². The van der Waals surface area contributed by atoms with Gasteiger partial charge in [0.15, 0.2) is 0 Å². The number of aromatic nitrogens is 2. The molecule has 41 heavy (non-hydrogen) atoms. The summed E-state index contributed by atoms with van der Waals surface area (Å²) in [5, 5.41) is 25.8. The number of nitriles is 1. The first-order valence-corrected chi connectivity index (χ1v) is 15.0. The molecular weight excluding hydrogens is 516 g/mol. The van der Waals surface area contributed by atoms with Gasteiger partial charge in [0.25, 0.3) is 0 Å². The molecule has 1 aromatic carbocycles. The molecule has 3 saturated heterocycles. The number of hydrazine groups is 1. The molecule has 1 aromatic heterocycles. The lowest BCUT2D eigenvalue weighted by atomic mass is 9.87. The molecule has 4 aliphatic rings. The van der Waals surface area contributed by atoms with Crippen molar-refractivity contribution in [1.82, 2.24) is 20.4 Å². The number of benzene rings is 1. The quantitative estimate of drug-likeness (QED) is 0.441. The third-order valence-corrected chi connectivity index (χ3v) is 8.98. The minimum absolute atomic E-state index is 0.110. The number of hydrogen-bond acceptors (Lipinski definition) is 9. The Labute approximate surface area is 242 Å².